The molecule has 8 rings (SSSR count). The molecule has 4 fully saturated rings. The molecule has 0 unspecified atom stereocenters. The van der Waals surface area contributed by atoms with Gasteiger partial charge in [-0.05, 0) is 137 Å². The molecule has 0 aromatic heterocycles. The Balaban J connectivity index is 0.000000226. The summed E-state index contributed by atoms with van der Waals surface area (Å²) < 4.78 is 0. The van der Waals surface area contributed by atoms with Gasteiger partial charge in [0.2, 0.25) is 11.8 Å². The quantitative estimate of drug-likeness (QED) is 0.126. The number of benzene rings is 4. The van der Waals surface area contributed by atoms with E-state index in [1.54, 1.807) is 0 Å². The molecule has 4 aromatic carbocycles. The van der Waals surface area contributed by atoms with Crippen molar-refractivity contribution in [1.82, 2.24) is 10.2 Å². The standard InChI is InChI=1S/C21H20Cl3NO.C20H18Cl3NO.CH3I.Na.H/c1-25-11-18-17(21(25)26)9-8-16(15-7-6-14(23)10-19(15)24)20(18)12-2-4-13(22)5-3-12;21-12-3-1-11(2-4-12)19-15(14-6-5-13(22)9-18(14)23)7-8-16-17(19)10-24-20(16)25;1-2;;/h2-7,10,16-18,20H,8-9,11H2,1H3;1-6,9,15-17,19H,7-8,10H2,(H,24,25);1H3;;/q;;;+1;-1/t16-,17+,18+,20-;15-,16+,17+,19-;;;/m00.../s1. The maximum absolute atomic E-state index is 12.6. The van der Waals surface area contributed by atoms with Crippen LogP contribution in [0.15, 0.2) is 84.9 Å². The second kappa shape index (κ2) is 19.8. The van der Waals surface area contributed by atoms with Crippen LogP contribution in [0.4, 0.5) is 0 Å². The number of hydrogen-bond donors (Lipinski definition) is 1. The number of alkyl halides is 1. The van der Waals surface area contributed by atoms with Gasteiger partial charge in [-0.2, -0.15) is 0 Å². The van der Waals surface area contributed by atoms with E-state index in [0.29, 0.717) is 26.0 Å². The van der Waals surface area contributed by atoms with Gasteiger partial charge in [-0.25, -0.2) is 0 Å². The number of nitrogens with one attached hydrogen (secondary N) is 1. The Bertz CT molecular complexity index is 1940. The zero-order valence-electron chi connectivity index (χ0n) is 31.4. The minimum Gasteiger partial charge on any atom is -1.00 e. The van der Waals surface area contributed by atoms with Gasteiger partial charge in [-0.15, -0.1) is 0 Å². The van der Waals surface area contributed by atoms with Crippen LogP contribution in [-0.2, 0) is 9.59 Å². The van der Waals surface area contributed by atoms with Crippen molar-refractivity contribution < 1.29 is 40.6 Å². The average Bonchev–Trinajstić information content (AvgIpc) is 3.67. The van der Waals surface area contributed by atoms with Gasteiger partial charge in [0.15, 0.2) is 0 Å². The molecule has 54 heavy (non-hydrogen) atoms. The van der Waals surface area contributed by atoms with Crippen LogP contribution in [0.1, 0.15) is 73.0 Å². The van der Waals surface area contributed by atoms with Gasteiger partial charge in [0.1, 0.15) is 0 Å². The fourth-order valence-electron chi connectivity index (χ4n) is 9.42. The SMILES string of the molecule is CI.CN1C[C@H]2[C@@H](c3ccc(Cl)cc3)[C@H](c3ccc(Cl)cc3Cl)CC[C@H]2C1=O.O=C1NC[C@H]2[C@@H](c3ccc(Cl)cc3)[C@H](c3ccc(Cl)cc3Cl)CC[C@@H]12.[H-].[Na+]. The van der Waals surface area contributed by atoms with E-state index >= 15 is 0 Å². The predicted molar refractivity (Wildman–Crippen MR) is 231 cm³/mol. The van der Waals surface area contributed by atoms with E-state index < -0.39 is 0 Å². The molecular formula is C42H42Cl6IN2NaO2. The van der Waals surface area contributed by atoms with Gasteiger partial charge in [0, 0.05) is 62.1 Å². The zero-order valence-corrected chi connectivity index (χ0v) is 39.0. The number of fused-ring (bicyclic) bond motifs is 2. The zero-order chi connectivity index (χ0) is 38.0. The number of halogens is 7. The Morgan fingerprint density at radius 2 is 1.00 bits per heavy atom. The molecule has 4 nitrogen and oxygen atoms in total. The molecule has 4 aliphatic rings. The Morgan fingerprint density at radius 1 is 0.593 bits per heavy atom. The fraction of sp³-hybridized carbons (Fsp3) is 0.381. The van der Waals surface area contributed by atoms with E-state index in [0.717, 1.165) is 59.9 Å². The van der Waals surface area contributed by atoms with Crippen molar-refractivity contribution in [2.24, 2.45) is 23.7 Å². The molecule has 0 spiro atoms. The Kier molecular flexibility index (Phi) is 16.3. The van der Waals surface area contributed by atoms with Crippen LogP contribution in [0.3, 0.4) is 0 Å². The van der Waals surface area contributed by atoms with Crippen molar-refractivity contribution in [3.63, 3.8) is 0 Å². The summed E-state index contributed by atoms with van der Waals surface area (Å²) in [4.78, 5) is 28.7. The topological polar surface area (TPSA) is 49.4 Å². The summed E-state index contributed by atoms with van der Waals surface area (Å²) in [6, 6.07) is 27.5. The van der Waals surface area contributed by atoms with Crippen molar-refractivity contribution >= 4 is 104 Å². The molecule has 2 saturated carbocycles. The average molecular weight is 969 g/mol. The molecule has 2 amide bonds. The maximum Gasteiger partial charge on any atom is 1.00 e. The van der Waals surface area contributed by atoms with Crippen molar-refractivity contribution in [2.75, 3.05) is 25.1 Å². The number of carbonyl (C=O) groups excluding carboxylic acids is 2. The number of rotatable bonds is 4. The van der Waals surface area contributed by atoms with Crippen LogP contribution in [0.2, 0.25) is 30.1 Å². The van der Waals surface area contributed by atoms with E-state index in [1.165, 1.54) is 11.1 Å². The summed E-state index contributed by atoms with van der Waals surface area (Å²) >= 11 is 39.6. The summed E-state index contributed by atoms with van der Waals surface area (Å²) in [6.45, 7) is 1.51. The van der Waals surface area contributed by atoms with Crippen molar-refractivity contribution in [1.29, 1.82) is 0 Å². The van der Waals surface area contributed by atoms with Gasteiger partial charge < -0.3 is 11.6 Å². The van der Waals surface area contributed by atoms with Gasteiger partial charge in [-0.3, -0.25) is 9.59 Å². The second-order valence-electron chi connectivity index (χ2n) is 14.4. The van der Waals surface area contributed by atoms with Crippen LogP contribution in [-0.4, -0.2) is 41.8 Å². The van der Waals surface area contributed by atoms with E-state index in [2.05, 4.69) is 52.2 Å². The molecule has 282 valence electrons. The first-order valence-corrected chi connectivity index (χ1v) is 22.2. The first-order valence-electron chi connectivity index (χ1n) is 17.8. The minimum atomic E-state index is 0. The molecule has 0 radical (unpaired) electrons. The minimum absolute atomic E-state index is 0. The first-order chi connectivity index (χ1) is 25.5. The number of hydrogen-bond acceptors (Lipinski definition) is 2. The summed E-state index contributed by atoms with van der Waals surface area (Å²) in [5, 5.41) is 7.19. The molecule has 2 heterocycles. The third-order valence-corrected chi connectivity index (χ3v) is 13.3. The van der Waals surface area contributed by atoms with Gasteiger partial charge in [-0.1, -0.05) is 129 Å². The van der Waals surface area contributed by atoms with Crippen LogP contribution in [0.25, 0.3) is 0 Å². The third kappa shape index (κ3) is 9.59. The van der Waals surface area contributed by atoms with Gasteiger partial charge in [0.05, 0.1) is 0 Å². The summed E-state index contributed by atoms with van der Waals surface area (Å²) in [6.07, 6.45) is 3.67. The summed E-state index contributed by atoms with van der Waals surface area (Å²) in [5.74, 6) is 2.21. The second-order valence-corrected chi connectivity index (χ2v) is 16.9. The Morgan fingerprint density at radius 3 is 1.46 bits per heavy atom. The first kappa shape index (κ1) is 44.4. The fourth-order valence-corrected chi connectivity index (χ4v) is 10.8. The summed E-state index contributed by atoms with van der Waals surface area (Å²) in [7, 11) is 1.91. The Labute approximate surface area is 386 Å². The molecule has 12 heteroatoms. The number of carbonyl (C=O) groups is 2. The van der Waals surface area contributed by atoms with E-state index in [9.17, 15) is 9.59 Å². The van der Waals surface area contributed by atoms with Gasteiger partial charge >= 0.3 is 29.6 Å². The molecule has 2 aliphatic carbocycles. The number of nitrogens with zero attached hydrogens (tertiary/aromatic N) is 1. The van der Waals surface area contributed by atoms with Crippen LogP contribution < -0.4 is 34.9 Å². The predicted octanol–water partition coefficient (Wildman–Crippen LogP) is 9.85. The Hall–Kier alpha value is -0.710. The van der Waals surface area contributed by atoms with Crippen LogP contribution in [0, 0.1) is 23.7 Å². The largest absolute Gasteiger partial charge is 1.00 e. The third-order valence-electron chi connectivity index (χ3n) is 11.7. The van der Waals surface area contributed by atoms with E-state index in [4.69, 9.17) is 69.6 Å². The van der Waals surface area contributed by atoms with Gasteiger partial charge in [0.25, 0.3) is 0 Å². The molecule has 2 saturated heterocycles. The smallest absolute Gasteiger partial charge is 1.00 e. The van der Waals surface area contributed by atoms with Crippen molar-refractivity contribution in [3.05, 3.63) is 137 Å². The van der Waals surface area contributed by atoms with Crippen LogP contribution >= 0.6 is 92.2 Å². The van der Waals surface area contributed by atoms with E-state index in [1.807, 2.05) is 77.5 Å². The molecule has 0 bridgehead atoms. The molecule has 8 atom stereocenters. The molecular weight excluding hydrogens is 927 g/mol. The monoisotopic (exact) mass is 966 g/mol. The van der Waals surface area contributed by atoms with Crippen molar-refractivity contribution in [2.45, 2.75) is 49.4 Å². The maximum atomic E-state index is 12.6. The normalized spacial score (nSPS) is 26.9. The molecule has 4 aromatic rings. The van der Waals surface area contributed by atoms with E-state index in [-0.39, 0.29) is 84.2 Å². The molecule has 1 N–H and O–H groups in total. The van der Waals surface area contributed by atoms with Crippen LogP contribution in [0.5, 0.6) is 0 Å². The molecule has 2 aliphatic heterocycles. The van der Waals surface area contributed by atoms with Crippen molar-refractivity contribution in [3.8, 4) is 0 Å². The number of likely N-dealkylation sites (tertiary alicyclic amines) is 1. The number of amides is 2. The summed E-state index contributed by atoms with van der Waals surface area (Å²) in [5.41, 5.74) is 4.68.